The van der Waals surface area contributed by atoms with Crippen LogP contribution in [0.2, 0.25) is 0 Å². The maximum atomic E-state index is 13.1. The highest BCUT2D eigenvalue weighted by atomic mass is 32.2. The number of aliphatic hydroxyl groups excluding tert-OH is 2. The maximum Gasteiger partial charge on any atom is 0.321 e. The van der Waals surface area contributed by atoms with E-state index in [1.165, 1.54) is 18.9 Å². The summed E-state index contributed by atoms with van der Waals surface area (Å²) in [6.45, 7) is 5.09. The number of hydrogen-bond acceptors (Lipinski definition) is 11. The molecule has 2 amide bonds. The highest BCUT2D eigenvalue weighted by Crippen LogP contribution is 2.29. The number of carbonyl (C=O) groups excluding carboxylic acids is 4. The number of nitrogens with one attached hydrogen (secondary N) is 1. The maximum absolute atomic E-state index is 13.1. The fourth-order valence-corrected chi connectivity index (χ4v) is 6.54. The van der Waals surface area contributed by atoms with Gasteiger partial charge in [0.25, 0.3) is 0 Å². The molecule has 1 saturated heterocycles. The summed E-state index contributed by atoms with van der Waals surface area (Å²) in [5, 5.41) is 32.7. The number of methoxy groups -OCH3 is 1. The van der Waals surface area contributed by atoms with Gasteiger partial charge in [0, 0.05) is 49.2 Å². The second-order valence-electron chi connectivity index (χ2n) is 11.6. The predicted octanol–water partition coefficient (Wildman–Crippen LogP) is 1.51. The summed E-state index contributed by atoms with van der Waals surface area (Å²) in [6, 6.07) is -1.06. The molecule has 242 valence electrons. The zero-order chi connectivity index (χ0) is 32.3. The molecular weight excluding hydrogens is 580 g/mol. The molecular formula is C30H46N2O10S. The van der Waals surface area contributed by atoms with Crippen LogP contribution in [-0.2, 0) is 33.4 Å². The van der Waals surface area contributed by atoms with Crippen molar-refractivity contribution in [3.05, 3.63) is 23.8 Å². The number of rotatable bonds is 12. The number of imide groups is 1. The Labute approximate surface area is 256 Å². The quantitative estimate of drug-likeness (QED) is 0.119. The van der Waals surface area contributed by atoms with Crippen molar-refractivity contribution < 1.29 is 48.8 Å². The van der Waals surface area contributed by atoms with Gasteiger partial charge in [0.1, 0.15) is 24.0 Å². The van der Waals surface area contributed by atoms with Crippen LogP contribution in [0.4, 0.5) is 0 Å². The lowest BCUT2D eigenvalue weighted by Crippen LogP contribution is -2.41. The zero-order valence-electron chi connectivity index (χ0n) is 25.3. The summed E-state index contributed by atoms with van der Waals surface area (Å²) in [5.41, 5.74) is 6.19. The minimum atomic E-state index is -1.12. The van der Waals surface area contributed by atoms with E-state index in [0.717, 1.165) is 0 Å². The average molecular weight is 627 g/mol. The summed E-state index contributed by atoms with van der Waals surface area (Å²) < 4.78 is 11.4. The Morgan fingerprint density at radius 2 is 1.88 bits per heavy atom. The van der Waals surface area contributed by atoms with Crippen LogP contribution in [0.5, 0.6) is 0 Å². The Bertz CT molecular complexity index is 1050. The molecule has 2 aliphatic rings. The number of carboxylic acids is 1. The first-order valence-corrected chi connectivity index (χ1v) is 15.6. The number of ether oxygens (including phenoxy) is 2. The molecule has 43 heavy (non-hydrogen) atoms. The SMILES string of the molecule is CO[C@@H]1/C=C/CC[C@H](SC[C@H](N)C(=O)O)CC(=O)O[C@@H](/C(C)=C/[C@@H](C)C(=O)C[C@H](O)CC2CC(=O)NC(=O)C2)[C@H](C)[C@@H]1O. The van der Waals surface area contributed by atoms with Crippen molar-refractivity contribution in [3.8, 4) is 0 Å². The lowest BCUT2D eigenvalue weighted by Gasteiger charge is -2.32. The van der Waals surface area contributed by atoms with Gasteiger partial charge in [-0.3, -0.25) is 29.3 Å². The number of piperidine rings is 1. The molecule has 12 nitrogen and oxygen atoms in total. The van der Waals surface area contributed by atoms with Crippen LogP contribution in [0, 0.1) is 17.8 Å². The number of nitrogens with two attached hydrogens (primary N) is 1. The Morgan fingerprint density at radius 3 is 2.49 bits per heavy atom. The summed E-state index contributed by atoms with van der Waals surface area (Å²) in [4.78, 5) is 60.5. The molecule has 2 heterocycles. The second-order valence-corrected chi connectivity index (χ2v) is 12.9. The van der Waals surface area contributed by atoms with Crippen molar-refractivity contribution in [2.75, 3.05) is 12.9 Å². The number of carbonyl (C=O) groups is 5. The number of esters is 1. The van der Waals surface area contributed by atoms with Gasteiger partial charge in [-0.1, -0.05) is 32.1 Å². The van der Waals surface area contributed by atoms with Crippen molar-refractivity contribution in [1.82, 2.24) is 5.32 Å². The molecule has 1 fully saturated rings. The molecule has 0 unspecified atom stereocenters. The third-order valence-corrected chi connectivity index (χ3v) is 9.25. The number of aliphatic carboxylic acids is 1. The first-order chi connectivity index (χ1) is 20.2. The van der Waals surface area contributed by atoms with Crippen LogP contribution in [0.3, 0.4) is 0 Å². The van der Waals surface area contributed by atoms with Gasteiger partial charge in [-0.2, -0.15) is 11.8 Å². The molecule has 0 spiro atoms. The van der Waals surface area contributed by atoms with Gasteiger partial charge in [0.2, 0.25) is 11.8 Å². The third-order valence-electron chi connectivity index (χ3n) is 7.83. The second kappa shape index (κ2) is 17.6. The van der Waals surface area contributed by atoms with E-state index in [1.807, 2.05) is 6.08 Å². The number of cyclic esters (lactones) is 1. The number of carboxylic acid groups (broad SMARTS) is 1. The molecule has 0 aromatic carbocycles. The largest absolute Gasteiger partial charge is 0.480 e. The normalized spacial score (nSPS) is 29.3. The molecule has 0 radical (unpaired) electrons. The molecule has 0 saturated carbocycles. The lowest BCUT2D eigenvalue weighted by atomic mass is 9.86. The summed E-state index contributed by atoms with van der Waals surface area (Å²) in [7, 11) is 1.47. The molecule has 0 aliphatic carbocycles. The molecule has 0 aromatic heterocycles. The average Bonchev–Trinajstić information content (AvgIpc) is 2.92. The van der Waals surface area contributed by atoms with E-state index in [0.29, 0.717) is 18.4 Å². The zero-order valence-corrected chi connectivity index (χ0v) is 26.1. The van der Waals surface area contributed by atoms with Gasteiger partial charge in [-0.05, 0) is 37.7 Å². The highest BCUT2D eigenvalue weighted by molar-refractivity contribution is 8.00. The first-order valence-electron chi connectivity index (χ1n) is 14.6. The highest BCUT2D eigenvalue weighted by Gasteiger charge is 2.35. The fourth-order valence-electron chi connectivity index (χ4n) is 5.36. The van der Waals surface area contributed by atoms with Crippen molar-refractivity contribution in [2.24, 2.45) is 23.5 Å². The third kappa shape index (κ3) is 12.1. The van der Waals surface area contributed by atoms with E-state index >= 15 is 0 Å². The van der Waals surface area contributed by atoms with Crippen LogP contribution < -0.4 is 11.1 Å². The number of amides is 2. The van der Waals surface area contributed by atoms with E-state index in [4.69, 9.17) is 20.3 Å². The number of ketones is 1. The van der Waals surface area contributed by atoms with E-state index < -0.39 is 66.0 Å². The number of hydrogen-bond donors (Lipinski definition) is 5. The van der Waals surface area contributed by atoms with Crippen molar-refractivity contribution >= 4 is 41.3 Å². The summed E-state index contributed by atoms with van der Waals surface area (Å²) >= 11 is 1.29. The van der Waals surface area contributed by atoms with Crippen LogP contribution in [-0.4, -0.2) is 93.4 Å². The minimum Gasteiger partial charge on any atom is -0.480 e. The van der Waals surface area contributed by atoms with Crippen LogP contribution in [0.1, 0.15) is 65.7 Å². The molecule has 13 heteroatoms. The Hall–Kier alpha value is -2.58. The monoisotopic (exact) mass is 626 g/mol. The van der Waals surface area contributed by atoms with Crippen LogP contribution >= 0.6 is 11.8 Å². The standard InChI is InChI=1S/C30H46N2O10S/c1-16(23(34)13-20(33)10-19-11-25(35)32-26(36)12-19)9-17(2)29-18(3)28(38)24(41-4)8-6-5-7-21(14-27(37)42-29)43-15-22(31)30(39)40/h6,8-9,16,18-22,24,28-29,33,38H,5,7,10-15,31H2,1-4H3,(H,39,40)(H,32,35,36)/b8-6+,17-9+/t16-,18-,20-,21+,22+,24-,28+,29+/m1/s1. The molecule has 2 aliphatic heterocycles. The van der Waals surface area contributed by atoms with Gasteiger partial charge in [0.05, 0.1) is 18.6 Å². The predicted molar refractivity (Wildman–Crippen MR) is 160 cm³/mol. The number of allylic oxidation sites excluding steroid dienone is 2. The van der Waals surface area contributed by atoms with E-state index in [1.54, 1.807) is 32.9 Å². The van der Waals surface area contributed by atoms with Gasteiger partial charge < -0.3 is 30.5 Å². The summed E-state index contributed by atoms with van der Waals surface area (Å²) in [6.07, 6.45) is 2.96. The topological polar surface area (TPSA) is 203 Å². The van der Waals surface area contributed by atoms with Crippen molar-refractivity contribution in [1.29, 1.82) is 0 Å². The van der Waals surface area contributed by atoms with Crippen molar-refractivity contribution in [3.63, 3.8) is 0 Å². The molecule has 0 aromatic rings. The van der Waals surface area contributed by atoms with Crippen LogP contribution in [0.15, 0.2) is 23.8 Å². The van der Waals surface area contributed by atoms with Crippen LogP contribution in [0.25, 0.3) is 0 Å². The van der Waals surface area contributed by atoms with Gasteiger partial charge in [-0.15, -0.1) is 0 Å². The molecule has 2 rings (SSSR count). The van der Waals surface area contributed by atoms with Gasteiger partial charge >= 0.3 is 11.9 Å². The molecule has 8 atom stereocenters. The van der Waals surface area contributed by atoms with E-state index in [9.17, 15) is 34.2 Å². The number of Topliss-reactive ketones (excluding diaryl/α,β-unsaturated/α-hetero) is 1. The summed E-state index contributed by atoms with van der Waals surface area (Å²) in [5.74, 6) is -4.19. The Morgan fingerprint density at radius 1 is 1.23 bits per heavy atom. The van der Waals surface area contributed by atoms with E-state index in [-0.39, 0.29) is 54.8 Å². The first kappa shape index (κ1) is 36.6. The Kier molecular flexibility index (Phi) is 15.0. The van der Waals surface area contributed by atoms with Crippen molar-refractivity contribution in [2.45, 2.75) is 101 Å². The van der Waals surface area contributed by atoms with Gasteiger partial charge in [-0.25, -0.2) is 0 Å². The smallest absolute Gasteiger partial charge is 0.321 e. The van der Waals surface area contributed by atoms with E-state index in [2.05, 4.69) is 5.32 Å². The fraction of sp³-hybridized carbons (Fsp3) is 0.700. The lowest BCUT2D eigenvalue weighted by molar-refractivity contribution is -0.153. The Balaban J connectivity index is 2.17. The van der Waals surface area contributed by atoms with Gasteiger partial charge in [0.15, 0.2) is 0 Å². The number of thioether (sulfide) groups is 1. The molecule has 6 N–H and O–H groups in total. The number of aliphatic hydroxyl groups is 2. The molecule has 0 bridgehead atoms. The minimum absolute atomic E-state index is 0.00746.